The molecule has 0 aliphatic rings. The molecule has 6 nitrogen and oxygen atoms in total. The minimum atomic E-state index is -0.242. The SMILES string of the molecule is C#CCOc1c(C=Nn2c(CC)nc3ccc(Br)cc3c2=O)cccc1OC. The van der Waals surface area contributed by atoms with Crippen molar-refractivity contribution in [2.75, 3.05) is 13.7 Å². The Hall–Kier alpha value is -3.11. The molecule has 142 valence electrons. The summed E-state index contributed by atoms with van der Waals surface area (Å²) in [5.41, 5.74) is 1.03. The van der Waals surface area contributed by atoms with E-state index < -0.39 is 0 Å². The van der Waals surface area contributed by atoms with E-state index in [1.54, 1.807) is 31.5 Å². The van der Waals surface area contributed by atoms with Crippen LogP contribution in [0.15, 0.2) is 50.8 Å². The normalized spacial score (nSPS) is 10.9. The number of aryl methyl sites for hydroxylation is 1. The molecule has 0 N–H and O–H groups in total. The molecule has 0 spiro atoms. The van der Waals surface area contributed by atoms with Gasteiger partial charge >= 0.3 is 0 Å². The molecular weight excluding hydrogens is 422 g/mol. The summed E-state index contributed by atoms with van der Waals surface area (Å²) >= 11 is 3.39. The highest BCUT2D eigenvalue weighted by Gasteiger charge is 2.12. The van der Waals surface area contributed by atoms with Crippen molar-refractivity contribution in [2.24, 2.45) is 5.10 Å². The van der Waals surface area contributed by atoms with Gasteiger partial charge in [0, 0.05) is 16.5 Å². The fourth-order valence-electron chi connectivity index (χ4n) is 2.73. The van der Waals surface area contributed by atoms with E-state index in [9.17, 15) is 4.79 Å². The van der Waals surface area contributed by atoms with Crippen LogP contribution in [0.3, 0.4) is 0 Å². The Bertz CT molecular complexity index is 1150. The molecule has 3 rings (SSSR count). The van der Waals surface area contributed by atoms with E-state index in [0.717, 1.165) is 4.47 Å². The number of rotatable bonds is 6. The zero-order chi connectivity index (χ0) is 20.1. The number of para-hydroxylation sites is 1. The minimum absolute atomic E-state index is 0.0902. The predicted octanol–water partition coefficient (Wildman–Crippen LogP) is 3.62. The molecule has 1 heterocycles. The van der Waals surface area contributed by atoms with Gasteiger partial charge in [-0.05, 0) is 30.3 Å². The number of benzene rings is 2. The number of hydrogen-bond acceptors (Lipinski definition) is 5. The Labute approximate surface area is 170 Å². The lowest BCUT2D eigenvalue weighted by atomic mass is 10.2. The molecule has 0 aliphatic heterocycles. The fraction of sp³-hybridized carbons (Fsp3) is 0.190. The van der Waals surface area contributed by atoms with Crippen molar-refractivity contribution in [3.63, 3.8) is 0 Å². The maximum absolute atomic E-state index is 13.0. The highest BCUT2D eigenvalue weighted by Crippen LogP contribution is 2.30. The second-order valence-electron chi connectivity index (χ2n) is 5.78. The van der Waals surface area contributed by atoms with Crippen LogP contribution in [-0.4, -0.2) is 29.6 Å². The number of aromatic nitrogens is 2. The molecule has 0 aliphatic carbocycles. The van der Waals surface area contributed by atoms with E-state index in [1.807, 2.05) is 25.1 Å². The Balaban J connectivity index is 2.13. The molecule has 1 aromatic heterocycles. The van der Waals surface area contributed by atoms with Crippen LogP contribution in [0, 0.1) is 12.3 Å². The summed E-state index contributed by atoms with van der Waals surface area (Å²) in [5, 5.41) is 4.87. The molecular formula is C21H18BrN3O3. The van der Waals surface area contributed by atoms with Gasteiger partial charge in [-0.1, -0.05) is 34.8 Å². The highest BCUT2D eigenvalue weighted by atomic mass is 79.9. The van der Waals surface area contributed by atoms with Crippen molar-refractivity contribution in [1.82, 2.24) is 9.66 Å². The van der Waals surface area contributed by atoms with Crippen molar-refractivity contribution >= 4 is 33.0 Å². The smallest absolute Gasteiger partial charge is 0.282 e. The Morgan fingerprint density at radius 3 is 2.89 bits per heavy atom. The predicted molar refractivity (Wildman–Crippen MR) is 113 cm³/mol. The van der Waals surface area contributed by atoms with E-state index in [1.165, 1.54) is 4.68 Å². The third-order valence-electron chi connectivity index (χ3n) is 4.03. The van der Waals surface area contributed by atoms with Crippen molar-refractivity contribution in [3.8, 4) is 23.8 Å². The standard InChI is InChI=1S/C21H18BrN3O3/c1-4-11-28-20-14(7-6-8-18(20)27-3)13-23-25-19(5-2)24-17-10-9-15(22)12-16(17)21(25)26/h1,6-10,12-13H,5,11H2,2-3H3. The van der Waals surface area contributed by atoms with Crippen LogP contribution in [0.1, 0.15) is 18.3 Å². The van der Waals surface area contributed by atoms with Gasteiger partial charge in [0.15, 0.2) is 11.5 Å². The van der Waals surface area contributed by atoms with Gasteiger partial charge in [-0.2, -0.15) is 9.78 Å². The number of hydrogen-bond donors (Lipinski definition) is 0. The topological polar surface area (TPSA) is 65.7 Å². The van der Waals surface area contributed by atoms with Gasteiger partial charge in [-0.25, -0.2) is 4.98 Å². The van der Waals surface area contributed by atoms with Crippen LogP contribution in [0.25, 0.3) is 10.9 Å². The second-order valence-corrected chi connectivity index (χ2v) is 6.69. The Morgan fingerprint density at radius 1 is 1.36 bits per heavy atom. The first-order valence-corrected chi connectivity index (χ1v) is 9.37. The molecule has 0 bridgehead atoms. The summed E-state index contributed by atoms with van der Waals surface area (Å²) in [6.07, 6.45) is 7.39. The molecule has 0 radical (unpaired) electrons. The van der Waals surface area contributed by atoms with E-state index >= 15 is 0 Å². The first-order valence-electron chi connectivity index (χ1n) is 8.57. The third kappa shape index (κ3) is 3.92. The van der Waals surface area contributed by atoms with Crippen LogP contribution in [-0.2, 0) is 6.42 Å². The van der Waals surface area contributed by atoms with Gasteiger partial charge in [0.05, 0.1) is 24.2 Å². The van der Waals surface area contributed by atoms with Crippen LogP contribution < -0.4 is 15.0 Å². The van der Waals surface area contributed by atoms with Crippen LogP contribution in [0.2, 0.25) is 0 Å². The van der Waals surface area contributed by atoms with Crippen molar-refractivity contribution in [1.29, 1.82) is 0 Å². The van der Waals surface area contributed by atoms with E-state index in [4.69, 9.17) is 15.9 Å². The summed E-state index contributed by atoms with van der Waals surface area (Å²) in [5.74, 6) is 3.99. The maximum Gasteiger partial charge on any atom is 0.282 e. The lowest BCUT2D eigenvalue weighted by Crippen LogP contribution is -2.22. The maximum atomic E-state index is 13.0. The summed E-state index contributed by atoms with van der Waals surface area (Å²) in [7, 11) is 1.55. The fourth-order valence-corrected chi connectivity index (χ4v) is 3.09. The minimum Gasteiger partial charge on any atom is -0.493 e. The van der Waals surface area contributed by atoms with E-state index in [-0.39, 0.29) is 12.2 Å². The molecule has 0 saturated heterocycles. The number of terminal acetylenes is 1. The number of halogens is 1. The molecule has 2 aromatic carbocycles. The monoisotopic (exact) mass is 439 g/mol. The van der Waals surface area contributed by atoms with Crippen LogP contribution in [0.5, 0.6) is 11.5 Å². The summed E-state index contributed by atoms with van der Waals surface area (Å²) in [6.45, 7) is 2.01. The van der Waals surface area contributed by atoms with Gasteiger partial charge < -0.3 is 9.47 Å². The molecule has 3 aromatic rings. The average Bonchev–Trinajstić information content (AvgIpc) is 2.71. The second kappa shape index (κ2) is 8.72. The lowest BCUT2D eigenvalue weighted by molar-refractivity contribution is 0.330. The highest BCUT2D eigenvalue weighted by molar-refractivity contribution is 9.10. The number of fused-ring (bicyclic) bond motifs is 1. The Morgan fingerprint density at radius 2 is 2.18 bits per heavy atom. The zero-order valence-electron chi connectivity index (χ0n) is 15.5. The van der Waals surface area contributed by atoms with E-state index in [2.05, 4.69) is 31.9 Å². The molecule has 28 heavy (non-hydrogen) atoms. The molecule has 7 heteroatoms. The zero-order valence-corrected chi connectivity index (χ0v) is 17.1. The van der Waals surface area contributed by atoms with Gasteiger partial charge in [-0.15, -0.1) is 6.42 Å². The molecule has 0 atom stereocenters. The van der Waals surface area contributed by atoms with E-state index in [0.29, 0.717) is 40.2 Å². The van der Waals surface area contributed by atoms with Crippen LogP contribution >= 0.6 is 15.9 Å². The van der Waals surface area contributed by atoms with Gasteiger partial charge in [-0.3, -0.25) is 4.79 Å². The van der Waals surface area contributed by atoms with Crippen molar-refractivity contribution < 1.29 is 9.47 Å². The third-order valence-corrected chi connectivity index (χ3v) is 4.53. The van der Waals surface area contributed by atoms with Crippen LogP contribution in [0.4, 0.5) is 0 Å². The molecule has 0 saturated carbocycles. The number of nitrogens with zero attached hydrogens (tertiary/aromatic N) is 3. The lowest BCUT2D eigenvalue weighted by Gasteiger charge is -2.12. The summed E-state index contributed by atoms with van der Waals surface area (Å²) < 4.78 is 13.0. The first-order chi connectivity index (χ1) is 13.6. The molecule has 0 amide bonds. The first kappa shape index (κ1) is 19.6. The summed E-state index contributed by atoms with van der Waals surface area (Å²) in [6, 6.07) is 10.8. The van der Waals surface area contributed by atoms with Gasteiger partial charge in [0.25, 0.3) is 5.56 Å². The average molecular weight is 440 g/mol. The Kier molecular flexibility index (Phi) is 6.12. The van der Waals surface area contributed by atoms with Crippen molar-refractivity contribution in [2.45, 2.75) is 13.3 Å². The number of ether oxygens (including phenoxy) is 2. The van der Waals surface area contributed by atoms with Gasteiger partial charge in [0.2, 0.25) is 0 Å². The molecule has 0 unspecified atom stereocenters. The van der Waals surface area contributed by atoms with Crippen molar-refractivity contribution in [3.05, 3.63) is 62.6 Å². The molecule has 0 fully saturated rings. The largest absolute Gasteiger partial charge is 0.493 e. The number of methoxy groups -OCH3 is 1. The quantitative estimate of drug-likeness (QED) is 0.434. The van der Waals surface area contributed by atoms with Gasteiger partial charge in [0.1, 0.15) is 12.4 Å². The summed E-state index contributed by atoms with van der Waals surface area (Å²) in [4.78, 5) is 17.5.